The molecule has 5 rings (SSSR count). The molecule has 39 heavy (non-hydrogen) atoms. The summed E-state index contributed by atoms with van der Waals surface area (Å²) in [6, 6.07) is 11.0. The number of methoxy groups -OCH3 is 1. The molecule has 0 atom stereocenters. The highest BCUT2D eigenvalue weighted by atomic mass is 16.5. The second kappa shape index (κ2) is 11.2. The Morgan fingerprint density at radius 2 is 1.92 bits per heavy atom. The number of fused-ring (bicyclic) bond motifs is 1. The van der Waals surface area contributed by atoms with Crippen molar-refractivity contribution >= 4 is 22.9 Å². The van der Waals surface area contributed by atoms with Gasteiger partial charge >= 0.3 is 0 Å². The summed E-state index contributed by atoms with van der Waals surface area (Å²) in [4.78, 5) is 16.8. The van der Waals surface area contributed by atoms with Crippen molar-refractivity contribution in [2.24, 2.45) is 0 Å². The number of phenolic OH excluding ortho intramolecular Hbond substituents is 1. The van der Waals surface area contributed by atoms with Gasteiger partial charge in [-0.2, -0.15) is 5.10 Å². The summed E-state index contributed by atoms with van der Waals surface area (Å²) < 4.78 is 13.5. The molecule has 0 unspecified atom stereocenters. The third-order valence-electron chi connectivity index (χ3n) is 6.85. The number of anilines is 2. The number of aryl methyl sites for hydroxylation is 1. The average molecular weight is 532 g/mol. The highest BCUT2D eigenvalue weighted by molar-refractivity contribution is 6.00. The van der Waals surface area contributed by atoms with Gasteiger partial charge < -0.3 is 30.3 Å². The number of nitrogens with zero attached hydrogens (tertiary/aromatic N) is 3. The van der Waals surface area contributed by atoms with Gasteiger partial charge in [-0.15, -0.1) is 0 Å². The lowest BCUT2D eigenvalue weighted by molar-refractivity contribution is 0.0667. The summed E-state index contributed by atoms with van der Waals surface area (Å²) >= 11 is 0. The van der Waals surface area contributed by atoms with Gasteiger partial charge in [-0.3, -0.25) is 9.78 Å². The molecule has 0 radical (unpaired) electrons. The van der Waals surface area contributed by atoms with Gasteiger partial charge in [-0.25, -0.2) is 4.52 Å². The number of aliphatic hydroxyl groups excluding tert-OH is 1. The van der Waals surface area contributed by atoms with Gasteiger partial charge in [-0.1, -0.05) is 0 Å². The molecule has 0 saturated heterocycles. The van der Waals surface area contributed by atoms with Crippen molar-refractivity contribution in [3.63, 3.8) is 0 Å². The third kappa shape index (κ3) is 5.75. The molecule has 10 nitrogen and oxygen atoms in total. The van der Waals surface area contributed by atoms with Crippen LogP contribution in [0.5, 0.6) is 17.2 Å². The summed E-state index contributed by atoms with van der Waals surface area (Å²) in [5, 5.41) is 30.8. The van der Waals surface area contributed by atoms with Crippen LogP contribution >= 0.6 is 0 Å². The molecule has 4 aromatic rings. The summed E-state index contributed by atoms with van der Waals surface area (Å²) in [5.74, 6) is 0.931. The van der Waals surface area contributed by atoms with E-state index in [0.29, 0.717) is 18.1 Å². The third-order valence-corrected chi connectivity index (χ3v) is 6.85. The number of phenols is 1. The second-order valence-electron chi connectivity index (χ2n) is 9.74. The molecule has 1 fully saturated rings. The predicted octanol–water partition coefficient (Wildman–Crippen LogP) is 4.59. The first-order chi connectivity index (χ1) is 18.8. The van der Waals surface area contributed by atoms with E-state index < -0.39 is 5.91 Å². The van der Waals surface area contributed by atoms with E-state index in [1.54, 1.807) is 23.7 Å². The number of hydrogen-bond donors (Lipinski definition) is 4. The molecule has 204 valence electrons. The van der Waals surface area contributed by atoms with Crippen LogP contribution < -0.4 is 20.1 Å². The van der Waals surface area contributed by atoms with Crippen LogP contribution in [-0.2, 0) is 0 Å². The van der Waals surface area contributed by atoms with Crippen LogP contribution in [-0.4, -0.2) is 56.6 Å². The van der Waals surface area contributed by atoms with Crippen molar-refractivity contribution in [2.75, 3.05) is 19.0 Å². The molecule has 3 heterocycles. The predicted molar refractivity (Wildman–Crippen MR) is 148 cm³/mol. The number of nitrogens with one attached hydrogen (secondary N) is 2. The molecule has 0 aliphatic heterocycles. The van der Waals surface area contributed by atoms with E-state index in [-0.39, 0.29) is 29.3 Å². The Morgan fingerprint density at radius 1 is 1.13 bits per heavy atom. The SMILES string of the molecule is CCNC(=O)c1c(O)cc(Nc2cc3cc(-c4cc(C)ncc4OC4CCC(O)CC4)ccn3n2)cc1OC. The van der Waals surface area contributed by atoms with Crippen LogP contribution in [0.2, 0.25) is 0 Å². The maximum Gasteiger partial charge on any atom is 0.258 e. The van der Waals surface area contributed by atoms with Crippen molar-refractivity contribution < 1.29 is 24.5 Å². The van der Waals surface area contributed by atoms with Crippen LogP contribution in [0, 0.1) is 6.92 Å². The van der Waals surface area contributed by atoms with Crippen LogP contribution in [0.25, 0.3) is 16.6 Å². The Labute approximate surface area is 226 Å². The molecule has 0 bridgehead atoms. The first-order valence-electron chi connectivity index (χ1n) is 13.1. The van der Waals surface area contributed by atoms with E-state index in [2.05, 4.69) is 20.7 Å². The number of carbonyl (C=O) groups is 1. The van der Waals surface area contributed by atoms with Crippen LogP contribution in [0.3, 0.4) is 0 Å². The molecular formula is C29H33N5O5. The maximum absolute atomic E-state index is 12.3. The summed E-state index contributed by atoms with van der Waals surface area (Å²) in [6.45, 7) is 4.19. The van der Waals surface area contributed by atoms with Gasteiger partial charge in [0.1, 0.15) is 22.8 Å². The fourth-order valence-corrected chi connectivity index (χ4v) is 4.89. The Kier molecular flexibility index (Phi) is 7.56. The van der Waals surface area contributed by atoms with Crippen molar-refractivity contribution in [1.29, 1.82) is 0 Å². The fourth-order valence-electron chi connectivity index (χ4n) is 4.89. The summed E-state index contributed by atoms with van der Waals surface area (Å²) in [7, 11) is 1.45. The monoisotopic (exact) mass is 531 g/mol. The number of aromatic nitrogens is 3. The van der Waals surface area contributed by atoms with Crippen molar-refractivity contribution in [1.82, 2.24) is 19.9 Å². The van der Waals surface area contributed by atoms with Crippen LogP contribution in [0.15, 0.2) is 48.8 Å². The van der Waals surface area contributed by atoms with Crippen LogP contribution in [0.4, 0.5) is 11.5 Å². The van der Waals surface area contributed by atoms with Gasteiger partial charge in [-0.05, 0) is 63.3 Å². The summed E-state index contributed by atoms with van der Waals surface area (Å²) in [6.07, 6.45) is 6.58. The number of pyridine rings is 2. The van der Waals surface area contributed by atoms with Gasteiger partial charge in [0.15, 0.2) is 5.82 Å². The van der Waals surface area contributed by atoms with E-state index in [1.165, 1.54) is 13.2 Å². The minimum absolute atomic E-state index is 0.0546. The second-order valence-corrected chi connectivity index (χ2v) is 9.74. The zero-order valence-electron chi connectivity index (χ0n) is 22.3. The minimum Gasteiger partial charge on any atom is -0.507 e. The molecule has 1 amide bonds. The van der Waals surface area contributed by atoms with Gasteiger partial charge in [0.2, 0.25) is 0 Å². The molecule has 10 heteroatoms. The molecule has 1 aromatic carbocycles. The number of benzene rings is 1. The average Bonchev–Trinajstić information content (AvgIpc) is 3.32. The molecule has 1 aliphatic carbocycles. The zero-order chi connectivity index (χ0) is 27.5. The van der Waals surface area contributed by atoms with E-state index in [1.807, 2.05) is 37.4 Å². The standard InChI is InChI=1S/C29H33N5O5/c1-4-30-29(37)28-24(36)13-19(14-25(28)38-3)32-27-15-20-12-18(9-10-34(20)33-27)23-11-17(2)31-16-26(23)39-22-7-5-21(35)6-8-22/h9-16,21-22,35-36H,4-8H2,1-3H3,(H,30,37)(H,32,33). The van der Waals surface area contributed by atoms with E-state index in [4.69, 9.17) is 9.47 Å². The largest absolute Gasteiger partial charge is 0.507 e. The quantitative estimate of drug-likeness (QED) is 0.260. The van der Waals surface area contributed by atoms with Gasteiger partial charge in [0, 0.05) is 47.9 Å². The lowest BCUT2D eigenvalue weighted by atomic mass is 9.95. The normalized spacial score (nSPS) is 17.1. The minimum atomic E-state index is -0.408. The molecule has 3 aromatic heterocycles. The maximum atomic E-state index is 12.3. The number of ether oxygens (including phenoxy) is 2. The number of amides is 1. The molecular weight excluding hydrogens is 498 g/mol. The van der Waals surface area contributed by atoms with E-state index in [9.17, 15) is 15.0 Å². The highest BCUT2D eigenvalue weighted by Gasteiger charge is 2.22. The van der Waals surface area contributed by atoms with Gasteiger partial charge in [0.05, 0.1) is 31.0 Å². The zero-order valence-corrected chi connectivity index (χ0v) is 22.3. The number of rotatable bonds is 8. The number of aliphatic hydroxyl groups is 1. The first-order valence-corrected chi connectivity index (χ1v) is 13.1. The Hall–Kier alpha value is -4.31. The smallest absolute Gasteiger partial charge is 0.258 e. The Morgan fingerprint density at radius 3 is 2.67 bits per heavy atom. The Balaban J connectivity index is 1.41. The lowest BCUT2D eigenvalue weighted by Gasteiger charge is -2.27. The lowest BCUT2D eigenvalue weighted by Crippen LogP contribution is -2.26. The number of aromatic hydroxyl groups is 1. The molecule has 4 N–H and O–H groups in total. The molecule has 1 aliphatic rings. The summed E-state index contributed by atoms with van der Waals surface area (Å²) in [5.41, 5.74) is 4.26. The molecule has 0 spiro atoms. The topological polar surface area (TPSA) is 130 Å². The number of carbonyl (C=O) groups excluding carboxylic acids is 1. The van der Waals surface area contributed by atoms with Crippen LogP contribution in [0.1, 0.15) is 48.7 Å². The first kappa shape index (κ1) is 26.3. The van der Waals surface area contributed by atoms with Gasteiger partial charge in [0.25, 0.3) is 5.91 Å². The van der Waals surface area contributed by atoms with Crippen molar-refractivity contribution in [2.45, 2.75) is 51.7 Å². The molecule has 1 saturated carbocycles. The van der Waals surface area contributed by atoms with Crippen molar-refractivity contribution in [3.05, 3.63) is 60.0 Å². The fraction of sp³-hybridized carbons (Fsp3) is 0.345. The number of hydrogen-bond acceptors (Lipinski definition) is 8. The highest BCUT2D eigenvalue weighted by Crippen LogP contribution is 2.35. The van der Waals surface area contributed by atoms with Crippen molar-refractivity contribution in [3.8, 4) is 28.4 Å². The van der Waals surface area contributed by atoms with E-state index in [0.717, 1.165) is 53.8 Å². The van der Waals surface area contributed by atoms with E-state index >= 15 is 0 Å². The Bertz CT molecular complexity index is 1490.